The minimum atomic E-state index is -0.235. The molecule has 1 saturated heterocycles. The van der Waals surface area contributed by atoms with Gasteiger partial charge >= 0.3 is 0 Å². The summed E-state index contributed by atoms with van der Waals surface area (Å²) in [5.41, 5.74) is 3.58. The first-order valence-corrected chi connectivity index (χ1v) is 6.76. The third-order valence-electron chi connectivity index (χ3n) is 3.50. The van der Waals surface area contributed by atoms with Crippen LogP contribution in [0.15, 0.2) is 18.2 Å². The smallest absolute Gasteiger partial charge is 0.240 e. The van der Waals surface area contributed by atoms with Crippen LogP contribution in [0.3, 0.4) is 0 Å². The van der Waals surface area contributed by atoms with Gasteiger partial charge in [0.2, 0.25) is 5.91 Å². The number of ether oxygens (including phenoxy) is 1. The molecule has 0 aromatic heterocycles. The molecule has 1 amide bonds. The average molecular weight is 299 g/mol. The number of morpholine rings is 1. The number of amides is 1. The second-order valence-electron chi connectivity index (χ2n) is 5.17. The number of carbonyl (C=O) groups excluding carboxylic acids is 1. The first kappa shape index (κ1) is 17.0. The fourth-order valence-electron chi connectivity index (χ4n) is 2.35. The van der Waals surface area contributed by atoms with Gasteiger partial charge in [0.1, 0.15) is 6.04 Å². The van der Waals surface area contributed by atoms with Crippen molar-refractivity contribution in [1.29, 1.82) is 0 Å². The average Bonchev–Trinajstić information content (AvgIpc) is 2.42. The predicted octanol–water partition coefficient (Wildman–Crippen LogP) is 1.89. The third kappa shape index (κ3) is 4.20. The lowest BCUT2D eigenvalue weighted by Gasteiger charge is -2.25. The molecule has 2 unspecified atom stereocenters. The maximum Gasteiger partial charge on any atom is 0.240 e. The van der Waals surface area contributed by atoms with Gasteiger partial charge in [0.25, 0.3) is 0 Å². The number of hydrogen-bond donors (Lipinski definition) is 2. The van der Waals surface area contributed by atoms with Crippen molar-refractivity contribution < 1.29 is 9.53 Å². The summed E-state index contributed by atoms with van der Waals surface area (Å²) in [6, 6.07) is 6.09. The molecule has 0 radical (unpaired) electrons. The fraction of sp³-hybridized carbons (Fsp3) is 0.533. The van der Waals surface area contributed by atoms with Gasteiger partial charge in [-0.2, -0.15) is 0 Å². The Balaban J connectivity index is 0.00000200. The number of rotatable bonds is 3. The number of carbonyl (C=O) groups is 1. The van der Waals surface area contributed by atoms with Crippen LogP contribution in [-0.2, 0) is 9.53 Å². The van der Waals surface area contributed by atoms with E-state index in [4.69, 9.17) is 4.74 Å². The molecule has 2 rings (SSSR count). The van der Waals surface area contributed by atoms with Crippen molar-refractivity contribution in [2.24, 2.45) is 0 Å². The zero-order valence-corrected chi connectivity index (χ0v) is 13.0. The number of halogens is 1. The van der Waals surface area contributed by atoms with Crippen molar-refractivity contribution in [2.45, 2.75) is 32.9 Å². The summed E-state index contributed by atoms with van der Waals surface area (Å²) in [5.74, 6) is 0.00751. The van der Waals surface area contributed by atoms with Crippen LogP contribution in [0.2, 0.25) is 0 Å². The van der Waals surface area contributed by atoms with Gasteiger partial charge < -0.3 is 15.4 Å². The van der Waals surface area contributed by atoms with Gasteiger partial charge in [-0.05, 0) is 31.9 Å². The molecule has 2 atom stereocenters. The summed E-state index contributed by atoms with van der Waals surface area (Å²) in [4.78, 5) is 12.1. The first-order valence-electron chi connectivity index (χ1n) is 6.76. The molecule has 4 nitrogen and oxygen atoms in total. The normalized spacial score (nSPS) is 19.9. The van der Waals surface area contributed by atoms with Crippen LogP contribution < -0.4 is 10.6 Å². The molecule has 1 aromatic rings. The van der Waals surface area contributed by atoms with Gasteiger partial charge in [-0.1, -0.05) is 23.8 Å². The summed E-state index contributed by atoms with van der Waals surface area (Å²) < 4.78 is 5.31. The van der Waals surface area contributed by atoms with E-state index in [2.05, 4.69) is 42.7 Å². The SMILES string of the molecule is Cc1ccc(C)c(C(C)NC(=O)C2COCCN2)c1.Cl. The fourth-order valence-corrected chi connectivity index (χ4v) is 2.35. The Morgan fingerprint density at radius 2 is 2.20 bits per heavy atom. The minimum absolute atomic E-state index is 0. The van der Waals surface area contributed by atoms with E-state index in [0.717, 1.165) is 6.54 Å². The maximum atomic E-state index is 12.1. The van der Waals surface area contributed by atoms with Crippen molar-refractivity contribution >= 4 is 18.3 Å². The van der Waals surface area contributed by atoms with Crippen molar-refractivity contribution in [3.05, 3.63) is 34.9 Å². The summed E-state index contributed by atoms with van der Waals surface area (Å²) in [5, 5.41) is 6.22. The summed E-state index contributed by atoms with van der Waals surface area (Å²) >= 11 is 0. The Morgan fingerprint density at radius 3 is 2.85 bits per heavy atom. The molecule has 20 heavy (non-hydrogen) atoms. The van der Waals surface area contributed by atoms with Crippen LogP contribution in [-0.4, -0.2) is 31.7 Å². The molecule has 1 aliphatic rings. The molecule has 1 aromatic carbocycles. The topological polar surface area (TPSA) is 50.4 Å². The molecule has 112 valence electrons. The second-order valence-corrected chi connectivity index (χ2v) is 5.17. The number of benzene rings is 1. The van der Waals surface area contributed by atoms with E-state index in [1.165, 1.54) is 16.7 Å². The van der Waals surface area contributed by atoms with E-state index in [1.807, 2.05) is 6.92 Å². The first-order chi connectivity index (χ1) is 9.08. The molecule has 5 heteroatoms. The van der Waals surface area contributed by atoms with Gasteiger partial charge in [-0.25, -0.2) is 0 Å². The Morgan fingerprint density at radius 1 is 1.45 bits per heavy atom. The van der Waals surface area contributed by atoms with Crippen molar-refractivity contribution in [2.75, 3.05) is 19.8 Å². The number of hydrogen-bond acceptors (Lipinski definition) is 3. The zero-order valence-electron chi connectivity index (χ0n) is 12.2. The van der Waals surface area contributed by atoms with Gasteiger partial charge in [-0.15, -0.1) is 12.4 Å². The lowest BCUT2D eigenvalue weighted by Crippen LogP contribution is -2.51. The molecule has 0 saturated carbocycles. The molecule has 0 aliphatic carbocycles. The van der Waals surface area contributed by atoms with Crippen LogP contribution in [0, 0.1) is 13.8 Å². The second kappa shape index (κ2) is 7.62. The zero-order chi connectivity index (χ0) is 13.8. The largest absolute Gasteiger partial charge is 0.378 e. The lowest BCUT2D eigenvalue weighted by atomic mass is 10.00. The summed E-state index contributed by atoms with van der Waals surface area (Å²) in [7, 11) is 0. The molecule has 1 fully saturated rings. The van der Waals surface area contributed by atoms with E-state index in [9.17, 15) is 4.79 Å². The highest BCUT2D eigenvalue weighted by Crippen LogP contribution is 2.19. The van der Waals surface area contributed by atoms with Crippen molar-refractivity contribution in [1.82, 2.24) is 10.6 Å². The highest BCUT2D eigenvalue weighted by atomic mass is 35.5. The summed E-state index contributed by atoms with van der Waals surface area (Å²) in [6.45, 7) is 8.01. The van der Waals surface area contributed by atoms with Crippen molar-refractivity contribution in [3.8, 4) is 0 Å². The quantitative estimate of drug-likeness (QED) is 0.896. The predicted molar refractivity (Wildman–Crippen MR) is 82.3 cm³/mol. The molecule has 2 N–H and O–H groups in total. The van der Waals surface area contributed by atoms with Crippen LogP contribution >= 0.6 is 12.4 Å². The van der Waals surface area contributed by atoms with Gasteiger partial charge in [0.05, 0.1) is 19.3 Å². The van der Waals surface area contributed by atoms with Crippen molar-refractivity contribution in [3.63, 3.8) is 0 Å². The van der Waals surface area contributed by atoms with E-state index >= 15 is 0 Å². The van der Waals surface area contributed by atoms with Crippen LogP contribution in [0.1, 0.15) is 29.7 Å². The van der Waals surface area contributed by atoms with E-state index in [1.54, 1.807) is 0 Å². The number of aryl methyl sites for hydroxylation is 2. The standard InChI is InChI=1S/C15H22N2O2.ClH/c1-10-4-5-11(2)13(8-10)12(3)17-15(18)14-9-19-7-6-16-14;/h4-5,8,12,14,16H,6-7,9H2,1-3H3,(H,17,18);1H. The highest BCUT2D eigenvalue weighted by Gasteiger charge is 2.23. The molecular weight excluding hydrogens is 276 g/mol. The van der Waals surface area contributed by atoms with Gasteiger partial charge in [0.15, 0.2) is 0 Å². The third-order valence-corrected chi connectivity index (χ3v) is 3.50. The maximum absolute atomic E-state index is 12.1. The van der Waals surface area contributed by atoms with E-state index < -0.39 is 0 Å². The Hall–Kier alpha value is -1.10. The van der Waals surface area contributed by atoms with E-state index in [-0.39, 0.29) is 30.4 Å². The monoisotopic (exact) mass is 298 g/mol. The molecule has 1 heterocycles. The molecule has 0 spiro atoms. The highest BCUT2D eigenvalue weighted by molar-refractivity contribution is 5.85. The van der Waals surface area contributed by atoms with Gasteiger partial charge in [0, 0.05) is 6.54 Å². The summed E-state index contributed by atoms with van der Waals surface area (Å²) in [6.07, 6.45) is 0. The number of nitrogens with one attached hydrogen (secondary N) is 2. The molecular formula is C15H23ClN2O2. The molecule has 0 bridgehead atoms. The van der Waals surface area contributed by atoms with Crippen LogP contribution in [0.25, 0.3) is 0 Å². The Bertz CT molecular complexity index is 459. The van der Waals surface area contributed by atoms with Crippen LogP contribution in [0.5, 0.6) is 0 Å². The Labute approximate surface area is 126 Å². The van der Waals surface area contributed by atoms with Gasteiger partial charge in [-0.3, -0.25) is 4.79 Å². The van der Waals surface area contributed by atoms with Crippen LogP contribution in [0.4, 0.5) is 0 Å². The Kier molecular flexibility index (Phi) is 6.46. The molecule has 1 aliphatic heterocycles. The minimum Gasteiger partial charge on any atom is -0.378 e. The van der Waals surface area contributed by atoms with E-state index in [0.29, 0.717) is 13.2 Å². The lowest BCUT2D eigenvalue weighted by molar-refractivity contribution is -0.126.